The van der Waals surface area contributed by atoms with Gasteiger partial charge in [0.1, 0.15) is 17.1 Å². The number of aryl methyl sites for hydroxylation is 1. The molecule has 5 rings (SSSR count). The van der Waals surface area contributed by atoms with Crippen molar-refractivity contribution >= 4 is 27.7 Å². The first kappa shape index (κ1) is 21.1. The first-order valence-electron chi connectivity index (χ1n) is 10.6. The van der Waals surface area contributed by atoms with Crippen molar-refractivity contribution in [1.29, 1.82) is 0 Å². The highest BCUT2D eigenvalue weighted by molar-refractivity contribution is 6.06. The summed E-state index contributed by atoms with van der Waals surface area (Å²) in [5, 5.41) is 11.4. The van der Waals surface area contributed by atoms with Crippen LogP contribution in [0, 0.1) is 0 Å². The molecule has 0 saturated carbocycles. The van der Waals surface area contributed by atoms with Gasteiger partial charge in [0.15, 0.2) is 0 Å². The normalized spacial score (nSPS) is 11.1. The Kier molecular flexibility index (Phi) is 5.18. The molecule has 2 N–H and O–H groups in total. The Labute approximate surface area is 193 Å². The van der Waals surface area contributed by atoms with Crippen LogP contribution in [-0.2, 0) is 13.5 Å². The third-order valence-corrected chi connectivity index (χ3v) is 5.77. The Morgan fingerprint density at radius 2 is 1.53 bits per heavy atom. The molecule has 0 bridgehead atoms. The first-order valence-corrected chi connectivity index (χ1v) is 10.6. The molecule has 2 heterocycles. The maximum absolute atomic E-state index is 13.3. The summed E-state index contributed by atoms with van der Waals surface area (Å²) in [4.78, 5) is 44.1. The fourth-order valence-corrected chi connectivity index (χ4v) is 4.03. The lowest BCUT2D eigenvalue weighted by Gasteiger charge is -2.16. The summed E-state index contributed by atoms with van der Waals surface area (Å²) in [5.41, 5.74) is 2.76. The molecular weight excluding hydrogens is 432 g/mol. The number of para-hydroxylation sites is 2. The van der Waals surface area contributed by atoms with Gasteiger partial charge in [0.25, 0.3) is 17.0 Å². The number of carbonyl (C=O) groups excluding carboxylic acids is 1. The smallest absolute Gasteiger partial charge is 0.280 e. The van der Waals surface area contributed by atoms with E-state index in [4.69, 9.17) is 0 Å². The van der Waals surface area contributed by atoms with Crippen LogP contribution in [0.5, 0.6) is 5.75 Å². The molecule has 0 unspecified atom stereocenters. The Bertz CT molecular complexity index is 1690. The largest absolute Gasteiger partial charge is 0.506 e. The molecule has 8 nitrogen and oxygen atoms in total. The number of amides is 1. The summed E-state index contributed by atoms with van der Waals surface area (Å²) in [6, 6.07) is 22.9. The fraction of sp³-hybridized carbons (Fsp3) is 0.0769. The van der Waals surface area contributed by atoms with E-state index in [-0.39, 0.29) is 6.42 Å². The van der Waals surface area contributed by atoms with E-state index in [1.807, 2.05) is 30.3 Å². The fourth-order valence-electron chi connectivity index (χ4n) is 4.03. The van der Waals surface area contributed by atoms with Crippen molar-refractivity contribution in [2.45, 2.75) is 6.42 Å². The Hall–Kier alpha value is -4.72. The van der Waals surface area contributed by atoms with Gasteiger partial charge in [0, 0.05) is 18.9 Å². The van der Waals surface area contributed by atoms with E-state index in [1.54, 1.807) is 48.5 Å². The van der Waals surface area contributed by atoms with Crippen molar-refractivity contribution in [2.24, 2.45) is 7.05 Å². The number of rotatable bonds is 4. The number of benzene rings is 3. The molecular formula is C26H20N4O4. The predicted octanol–water partition coefficient (Wildman–Crippen LogP) is 2.93. The van der Waals surface area contributed by atoms with Gasteiger partial charge in [-0.25, -0.2) is 9.66 Å². The van der Waals surface area contributed by atoms with Crippen LogP contribution in [-0.4, -0.2) is 25.2 Å². The predicted molar refractivity (Wildman–Crippen MR) is 130 cm³/mol. The molecule has 0 saturated heterocycles. The monoisotopic (exact) mass is 452 g/mol. The number of aromatic nitrogens is 3. The number of nitrogens with one attached hydrogen (secondary N) is 1. The summed E-state index contributed by atoms with van der Waals surface area (Å²) in [5.74, 6) is -1.06. The van der Waals surface area contributed by atoms with E-state index < -0.39 is 28.3 Å². The highest BCUT2D eigenvalue weighted by atomic mass is 16.3. The van der Waals surface area contributed by atoms with Crippen LogP contribution < -0.4 is 16.5 Å². The summed E-state index contributed by atoms with van der Waals surface area (Å²) in [6.45, 7) is 0. The number of aromatic hydroxyl groups is 1. The molecule has 5 aromatic rings. The van der Waals surface area contributed by atoms with Crippen molar-refractivity contribution in [3.8, 4) is 5.75 Å². The second-order valence-electron chi connectivity index (χ2n) is 7.89. The average molecular weight is 452 g/mol. The lowest BCUT2D eigenvalue weighted by molar-refractivity contribution is 0.100. The van der Waals surface area contributed by atoms with E-state index in [0.29, 0.717) is 27.6 Å². The third-order valence-electron chi connectivity index (χ3n) is 5.77. The summed E-state index contributed by atoms with van der Waals surface area (Å²) in [7, 11) is 1.52. The zero-order valence-corrected chi connectivity index (χ0v) is 18.2. The Morgan fingerprint density at radius 3 is 2.29 bits per heavy atom. The van der Waals surface area contributed by atoms with Gasteiger partial charge in [0.2, 0.25) is 0 Å². The molecule has 168 valence electrons. The lowest BCUT2D eigenvalue weighted by Crippen LogP contribution is -2.39. The molecule has 0 fully saturated rings. The average Bonchev–Trinajstić information content (AvgIpc) is 2.86. The molecule has 34 heavy (non-hydrogen) atoms. The van der Waals surface area contributed by atoms with Crippen LogP contribution in [0.2, 0.25) is 0 Å². The van der Waals surface area contributed by atoms with Crippen LogP contribution in [0.3, 0.4) is 0 Å². The van der Waals surface area contributed by atoms with Crippen LogP contribution in [0.25, 0.3) is 21.8 Å². The maximum Gasteiger partial charge on any atom is 0.280 e. The van der Waals surface area contributed by atoms with Crippen molar-refractivity contribution in [3.63, 3.8) is 0 Å². The van der Waals surface area contributed by atoms with Gasteiger partial charge in [-0.15, -0.1) is 0 Å². The van der Waals surface area contributed by atoms with Crippen LogP contribution >= 0.6 is 0 Å². The SMILES string of the molecule is Cn1c(=O)c(C(=O)Nn2c(Cc3ccccc3)nc3ccccc3c2=O)c(O)c2ccccc21. The van der Waals surface area contributed by atoms with Crippen LogP contribution in [0.4, 0.5) is 0 Å². The highest BCUT2D eigenvalue weighted by Gasteiger charge is 2.23. The Balaban J connectivity index is 1.66. The van der Waals surface area contributed by atoms with Gasteiger partial charge < -0.3 is 9.67 Å². The number of hydrogen-bond donors (Lipinski definition) is 2. The van der Waals surface area contributed by atoms with Crippen molar-refractivity contribution < 1.29 is 9.90 Å². The minimum absolute atomic E-state index is 0.267. The molecule has 0 aliphatic heterocycles. The molecule has 0 atom stereocenters. The van der Waals surface area contributed by atoms with Gasteiger partial charge in [-0.2, -0.15) is 0 Å². The quantitative estimate of drug-likeness (QED) is 0.436. The number of fused-ring (bicyclic) bond motifs is 2. The maximum atomic E-state index is 13.3. The Morgan fingerprint density at radius 1 is 0.882 bits per heavy atom. The van der Waals surface area contributed by atoms with Gasteiger partial charge in [0.05, 0.1) is 16.4 Å². The second-order valence-corrected chi connectivity index (χ2v) is 7.89. The minimum atomic E-state index is -0.905. The molecule has 3 aromatic carbocycles. The van der Waals surface area contributed by atoms with Crippen molar-refractivity contribution in [2.75, 3.05) is 5.43 Å². The van der Waals surface area contributed by atoms with E-state index in [2.05, 4.69) is 10.4 Å². The van der Waals surface area contributed by atoms with Crippen LogP contribution in [0.1, 0.15) is 21.7 Å². The zero-order valence-electron chi connectivity index (χ0n) is 18.2. The molecule has 8 heteroatoms. The van der Waals surface area contributed by atoms with E-state index in [9.17, 15) is 19.5 Å². The first-order chi connectivity index (χ1) is 16.5. The van der Waals surface area contributed by atoms with Crippen molar-refractivity contribution in [1.82, 2.24) is 14.2 Å². The molecule has 1 amide bonds. The van der Waals surface area contributed by atoms with E-state index in [0.717, 1.165) is 10.2 Å². The number of hydrogen-bond acceptors (Lipinski definition) is 5. The zero-order chi connectivity index (χ0) is 23.8. The van der Waals surface area contributed by atoms with Gasteiger partial charge >= 0.3 is 0 Å². The summed E-state index contributed by atoms with van der Waals surface area (Å²) in [6.07, 6.45) is 0.267. The van der Waals surface area contributed by atoms with E-state index >= 15 is 0 Å². The van der Waals surface area contributed by atoms with E-state index in [1.165, 1.54) is 11.6 Å². The summed E-state index contributed by atoms with van der Waals surface area (Å²) < 4.78 is 2.34. The van der Waals surface area contributed by atoms with Gasteiger partial charge in [-0.1, -0.05) is 54.6 Å². The van der Waals surface area contributed by atoms with Crippen LogP contribution in [0.15, 0.2) is 88.5 Å². The third kappa shape index (κ3) is 3.51. The molecule has 2 aromatic heterocycles. The molecule has 0 radical (unpaired) electrons. The highest BCUT2D eigenvalue weighted by Crippen LogP contribution is 2.25. The summed E-state index contributed by atoms with van der Waals surface area (Å²) >= 11 is 0. The molecule has 0 aliphatic rings. The minimum Gasteiger partial charge on any atom is -0.506 e. The second kappa shape index (κ2) is 8.32. The van der Waals surface area contributed by atoms with Gasteiger partial charge in [-0.3, -0.25) is 19.8 Å². The van der Waals surface area contributed by atoms with Gasteiger partial charge in [-0.05, 0) is 29.8 Å². The molecule has 0 aliphatic carbocycles. The number of pyridine rings is 1. The number of nitrogens with zero attached hydrogens (tertiary/aromatic N) is 3. The van der Waals surface area contributed by atoms with Crippen molar-refractivity contribution in [3.05, 3.63) is 117 Å². The standard InChI is InChI=1S/C26H20N4O4/c1-29-20-14-8-6-12-18(20)23(31)22(26(29)34)24(32)28-30-21(15-16-9-3-2-4-10-16)27-19-13-7-5-11-17(19)25(30)33/h2-14,31H,15H2,1H3,(H,28,32). The topological polar surface area (TPSA) is 106 Å². The number of carbonyl (C=O) groups is 1. The molecule has 0 spiro atoms. The lowest BCUT2D eigenvalue weighted by atomic mass is 10.1.